The average molecular weight is 404 g/mol. The van der Waals surface area contributed by atoms with Gasteiger partial charge < -0.3 is 19.5 Å². The van der Waals surface area contributed by atoms with E-state index in [2.05, 4.69) is 15.2 Å². The number of ether oxygens (including phenoxy) is 3. The molecular weight excluding hydrogens is 378 g/mol. The Balaban J connectivity index is 1.50. The second-order valence-corrected chi connectivity index (χ2v) is 8.13. The van der Waals surface area contributed by atoms with Crippen LogP contribution in [0.4, 0.5) is 0 Å². The van der Waals surface area contributed by atoms with Crippen molar-refractivity contribution in [3.63, 3.8) is 0 Å². The van der Waals surface area contributed by atoms with Crippen LogP contribution in [0.15, 0.2) is 23.7 Å². The molecule has 0 aliphatic carbocycles. The average Bonchev–Trinajstić information content (AvgIpc) is 3.37. The van der Waals surface area contributed by atoms with Crippen molar-refractivity contribution in [2.45, 2.75) is 32.4 Å². The highest BCUT2D eigenvalue weighted by Crippen LogP contribution is 2.39. The number of hydrogen-bond acceptors (Lipinski definition) is 7. The van der Waals surface area contributed by atoms with Gasteiger partial charge in [0.15, 0.2) is 11.5 Å². The number of thiazole rings is 1. The first-order valence-corrected chi connectivity index (χ1v) is 10.4. The van der Waals surface area contributed by atoms with Gasteiger partial charge in [0.1, 0.15) is 10.8 Å². The number of rotatable bonds is 6. The predicted molar refractivity (Wildman–Crippen MR) is 106 cm³/mol. The van der Waals surface area contributed by atoms with Gasteiger partial charge in [0.2, 0.25) is 12.7 Å². The van der Waals surface area contributed by atoms with E-state index in [4.69, 9.17) is 14.2 Å². The number of carbonyl (C=O) groups is 1. The Morgan fingerprint density at radius 1 is 1.43 bits per heavy atom. The number of methoxy groups -OCH3 is 1. The molecular formula is C20H25N3O4S. The summed E-state index contributed by atoms with van der Waals surface area (Å²) in [5, 5.41) is 6.05. The van der Waals surface area contributed by atoms with Crippen LogP contribution in [-0.2, 0) is 11.3 Å². The molecule has 1 N–H and O–H groups in total. The molecule has 2 aliphatic heterocycles. The Morgan fingerprint density at radius 2 is 2.25 bits per heavy atom. The lowest BCUT2D eigenvalue weighted by Crippen LogP contribution is -2.42. The van der Waals surface area contributed by atoms with Gasteiger partial charge in [-0.25, -0.2) is 4.98 Å². The second-order valence-electron chi connectivity index (χ2n) is 7.20. The van der Waals surface area contributed by atoms with Gasteiger partial charge in [-0.05, 0) is 31.4 Å². The molecule has 1 fully saturated rings. The molecule has 150 valence electrons. The number of hydrogen-bond donors (Lipinski definition) is 1. The van der Waals surface area contributed by atoms with E-state index in [0.717, 1.165) is 60.3 Å². The van der Waals surface area contributed by atoms with Crippen LogP contribution in [-0.4, -0.2) is 42.8 Å². The van der Waals surface area contributed by atoms with Crippen LogP contribution in [0.1, 0.15) is 36.4 Å². The molecule has 28 heavy (non-hydrogen) atoms. The fourth-order valence-corrected chi connectivity index (χ4v) is 4.80. The molecule has 1 amide bonds. The molecule has 1 aromatic heterocycles. The minimum Gasteiger partial charge on any atom is -0.496 e. The molecule has 8 heteroatoms. The molecule has 0 saturated carbocycles. The lowest BCUT2D eigenvalue weighted by molar-refractivity contribution is -0.120. The summed E-state index contributed by atoms with van der Waals surface area (Å²) in [6.07, 6.45) is 3.95. The maximum Gasteiger partial charge on any atom is 0.231 e. The van der Waals surface area contributed by atoms with Gasteiger partial charge >= 0.3 is 0 Å². The molecule has 1 aromatic carbocycles. The monoisotopic (exact) mass is 403 g/mol. The highest BCUT2D eigenvalue weighted by atomic mass is 32.1. The van der Waals surface area contributed by atoms with Crippen molar-refractivity contribution in [3.8, 4) is 17.2 Å². The van der Waals surface area contributed by atoms with E-state index < -0.39 is 0 Å². The van der Waals surface area contributed by atoms with Crippen molar-refractivity contribution in [2.24, 2.45) is 5.92 Å². The lowest BCUT2D eigenvalue weighted by Gasteiger charge is -2.36. The summed E-state index contributed by atoms with van der Waals surface area (Å²) in [4.78, 5) is 18.6. The smallest absolute Gasteiger partial charge is 0.231 e. The fourth-order valence-electron chi connectivity index (χ4n) is 4.02. The SMILES string of the molecule is COc1cc2c(cc1CN1CCCC(C(NC(C)=O)c3nccs3)C1)OCO2. The number of benzene rings is 1. The predicted octanol–water partition coefficient (Wildman–Crippen LogP) is 2.97. The first kappa shape index (κ1) is 19.0. The Hall–Kier alpha value is -2.32. The molecule has 2 atom stereocenters. The van der Waals surface area contributed by atoms with Gasteiger partial charge in [-0.1, -0.05) is 0 Å². The Bertz CT molecular complexity index is 827. The topological polar surface area (TPSA) is 72.9 Å². The van der Waals surface area contributed by atoms with E-state index in [1.165, 1.54) is 0 Å². The highest BCUT2D eigenvalue weighted by molar-refractivity contribution is 7.09. The minimum atomic E-state index is -0.0426. The molecule has 0 spiro atoms. The molecule has 3 heterocycles. The van der Waals surface area contributed by atoms with Crippen molar-refractivity contribution in [1.82, 2.24) is 15.2 Å². The molecule has 2 unspecified atom stereocenters. The van der Waals surface area contributed by atoms with Crippen LogP contribution in [0.2, 0.25) is 0 Å². The van der Waals surface area contributed by atoms with Crippen LogP contribution in [0.25, 0.3) is 0 Å². The Morgan fingerprint density at radius 3 is 2.96 bits per heavy atom. The summed E-state index contributed by atoms with van der Waals surface area (Å²) < 4.78 is 16.6. The largest absolute Gasteiger partial charge is 0.496 e. The van der Waals surface area contributed by atoms with Crippen LogP contribution in [0.5, 0.6) is 17.2 Å². The van der Waals surface area contributed by atoms with Gasteiger partial charge in [-0.2, -0.15) is 0 Å². The zero-order valence-corrected chi connectivity index (χ0v) is 17.0. The number of amides is 1. The summed E-state index contributed by atoms with van der Waals surface area (Å²) >= 11 is 1.60. The number of piperidine rings is 1. The third-order valence-electron chi connectivity index (χ3n) is 5.26. The van der Waals surface area contributed by atoms with Crippen molar-refractivity contribution in [3.05, 3.63) is 34.3 Å². The highest BCUT2D eigenvalue weighted by Gasteiger charge is 2.31. The number of carbonyl (C=O) groups excluding carboxylic acids is 1. The number of likely N-dealkylation sites (tertiary alicyclic amines) is 1. The van der Waals surface area contributed by atoms with Gasteiger partial charge in [-0.3, -0.25) is 9.69 Å². The maximum atomic E-state index is 11.8. The molecule has 0 radical (unpaired) electrons. The normalized spacial score (nSPS) is 20.0. The minimum absolute atomic E-state index is 0.0187. The van der Waals surface area contributed by atoms with E-state index in [-0.39, 0.29) is 18.7 Å². The first-order chi connectivity index (χ1) is 13.6. The quantitative estimate of drug-likeness (QED) is 0.800. The number of nitrogens with zero attached hydrogens (tertiary/aromatic N) is 2. The standard InChI is InChI=1S/C20H25N3O4S/c1-13(24)22-19(20-21-5-7-28-20)14-4-3-6-23(10-14)11-15-8-17-18(27-12-26-17)9-16(15)25-2/h5,7-9,14,19H,3-4,6,10-12H2,1-2H3,(H,22,24). The van der Waals surface area contributed by atoms with E-state index in [1.54, 1.807) is 31.6 Å². The summed E-state index contributed by atoms with van der Waals surface area (Å²) in [6.45, 7) is 4.49. The molecule has 1 saturated heterocycles. The second kappa shape index (κ2) is 8.36. The van der Waals surface area contributed by atoms with E-state index in [9.17, 15) is 4.79 Å². The summed E-state index contributed by atoms with van der Waals surface area (Å²) in [5.41, 5.74) is 1.08. The van der Waals surface area contributed by atoms with Crippen LogP contribution in [0.3, 0.4) is 0 Å². The van der Waals surface area contributed by atoms with Crippen molar-refractivity contribution < 1.29 is 19.0 Å². The number of nitrogens with one attached hydrogen (secondary N) is 1. The lowest BCUT2D eigenvalue weighted by atomic mass is 9.90. The van der Waals surface area contributed by atoms with E-state index in [1.807, 2.05) is 17.5 Å². The van der Waals surface area contributed by atoms with Gasteiger partial charge in [0, 0.05) is 43.2 Å². The van der Waals surface area contributed by atoms with Gasteiger partial charge in [0.25, 0.3) is 0 Å². The molecule has 2 aliphatic rings. The van der Waals surface area contributed by atoms with Crippen LogP contribution in [0, 0.1) is 5.92 Å². The molecule has 2 aromatic rings. The van der Waals surface area contributed by atoms with Crippen molar-refractivity contribution in [1.29, 1.82) is 0 Å². The number of aromatic nitrogens is 1. The number of fused-ring (bicyclic) bond motifs is 1. The summed E-state index contributed by atoms with van der Waals surface area (Å²) in [6, 6.07) is 3.87. The third kappa shape index (κ3) is 4.07. The summed E-state index contributed by atoms with van der Waals surface area (Å²) in [5.74, 6) is 2.61. The maximum absolute atomic E-state index is 11.8. The third-order valence-corrected chi connectivity index (χ3v) is 6.12. The molecule has 0 bridgehead atoms. The van der Waals surface area contributed by atoms with Gasteiger partial charge in [0.05, 0.1) is 13.2 Å². The van der Waals surface area contributed by atoms with Gasteiger partial charge in [-0.15, -0.1) is 11.3 Å². The van der Waals surface area contributed by atoms with Crippen LogP contribution < -0.4 is 19.5 Å². The zero-order valence-electron chi connectivity index (χ0n) is 16.1. The molecule has 7 nitrogen and oxygen atoms in total. The van der Waals surface area contributed by atoms with E-state index >= 15 is 0 Å². The summed E-state index contributed by atoms with van der Waals surface area (Å²) in [7, 11) is 1.68. The Labute approximate surface area is 168 Å². The Kier molecular flexibility index (Phi) is 5.68. The molecule has 4 rings (SSSR count). The fraction of sp³-hybridized carbons (Fsp3) is 0.500. The first-order valence-electron chi connectivity index (χ1n) is 9.49. The van der Waals surface area contributed by atoms with Crippen molar-refractivity contribution in [2.75, 3.05) is 27.0 Å². The zero-order chi connectivity index (χ0) is 19.5. The van der Waals surface area contributed by atoms with Crippen LogP contribution >= 0.6 is 11.3 Å². The van der Waals surface area contributed by atoms with Crippen molar-refractivity contribution >= 4 is 17.2 Å². The van der Waals surface area contributed by atoms with E-state index in [0.29, 0.717) is 5.92 Å².